The summed E-state index contributed by atoms with van der Waals surface area (Å²) < 4.78 is 11.4. The summed E-state index contributed by atoms with van der Waals surface area (Å²) in [6, 6.07) is 0.257. The van der Waals surface area contributed by atoms with Gasteiger partial charge in [0.15, 0.2) is 0 Å². The van der Waals surface area contributed by atoms with Crippen molar-refractivity contribution in [3.63, 3.8) is 0 Å². The smallest absolute Gasteiger partial charge is 0.128 e. The van der Waals surface area contributed by atoms with Gasteiger partial charge in [-0.25, -0.2) is 0 Å². The number of ether oxygens (including phenoxy) is 2. The van der Waals surface area contributed by atoms with E-state index in [0.29, 0.717) is 6.61 Å². The largest absolute Gasteiger partial charge is 0.496 e. The Bertz CT molecular complexity index is 453. The molecule has 1 atom stereocenters. The van der Waals surface area contributed by atoms with Crippen LogP contribution in [-0.2, 0) is 11.2 Å². The average Bonchev–Trinajstić information content (AvgIpc) is 2.39. The summed E-state index contributed by atoms with van der Waals surface area (Å²) in [5.41, 5.74) is 3.14. The van der Waals surface area contributed by atoms with E-state index in [1.807, 2.05) is 13.1 Å². The number of nitrogens with zero attached hydrogens (tertiary/aromatic N) is 1. The predicted octanol–water partition coefficient (Wildman–Crippen LogP) is 3.04. The maximum atomic E-state index is 5.91. The fraction of sp³-hybridized carbons (Fsp3) is 0.706. The highest BCUT2D eigenvalue weighted by molar-refractivity contribution is 5.41. The van der Waals surface area contributed by atoms with Gasteiger partial charge >= 0.3 is 0 Å². The standard InChI is InChI=1S/C17H30N2O2/c1-8-18-14(11-21-17(4,5)6)9-15-13(3)16(20-7)12(2)10-19-15/h10,14,18H,8-9,11H2,1-7H3. The summed E-state index contributed by atoms with van der Waals surface area (Å²) in [4.78, 5) is 4.58. The Morgan fingerprint density at radius 1 is 1.29 bits per heavy atom. The van der Waals surface area contributed by atoms with E-state index in [1.54, 1.807) is 7.11 Å². The molecule has 0 saturated carbocycles. The second-order valence-electron chi connectivity index (χ2n) is 6.43. The number of methoxy groups -OCH3 is 1. The van der Waals surface area contributed by atoms with E-state index in [9.17, 15) is 0 Å². The monoisotopic (exact) mass is 294 g/mol. The second-order valence-corrected chi connectivity index (χ2v) is 6.43. The molecular weight excluding hydrogens is 264 g/mol. The van der Waals surface area contributed by atoms with Gasteiger partial charge in [-0.1, -0.05) is 6.92 Å². The van der Waals surface area contributed by atoms with Crippen LogP contribution in [0, 0.1) is 13.8 Å². The van der Waals surface area contributed by atoms with Crippen molar-refractivity contribution in [2.24, 2.45) is 0 Å². The molecule has 1 aromatic heterocycles. The van der Waals surface area contributed by atoms with Crippen LogP contribution in [0.4, 0.5) is 0 Å². The Hall–Kier alpha value is -1.13. The Labute approximate surface area is 129 Å². The van der Waals surface area contributed by atoms with Crippen LogP contribution in [0.5, 0.6) is 5.75 Å². The maximum absolute atomic E-state index is 5.91. The number of aromatic nitrogens is 1. The third-order valence-corrected chi connectivity index (χ3v) is 3.40. The van der Waals surface area contributed by atoms with Gasteiger partial charge in [-0.15, -0.1) is 0 Å². The lowest BCUT2D eigenvalue weighted by molar-refractivity contribution is -0.0143. The van der Waals surface area contributed by atoms with Crippen molar-refractivity contribution < 1.29 is 9.47 Å². The van der Waals surface area contributed by atoms with Crippen molar-refractivity contribution in [1.82, 2.24) is 10.3 Å². The zero-order valence-corrected chi connectivity index (χ0v) is 14.5. The molecule has 1 N–H and O–H groups in total. The number of hydrogen-bond donors (Lipinski definition) is 1. The van der Waals surface area contributed by atoms with Crippen LogP contribution in [0.3, 0.4) is 0 Å². The molecule has 0 aliphatic heterocycles. The highest BCUT2D eigenvalue weighted by Gasteiger charge is 2.18. The molecule has 0 saturated heterocycles. The molecule has 0 aromatic carbocycles. The molecule has 0 aliphatic rings. The molecule has 120 valence electrons. The van der Waals surface area contributed by atoms with Gasteiger partial charge in [-0.2, -0.15) is 0 Å². The molecule has 0 amide bonds. The van der Waals surface area contributed by atoms with Gasteiger partial charge < -0.3 is 14.8 Å². The highest BCUT2D eigenvalue weighted by Crippen LogP contribution is 2.24. The quantitative estimate of drug-likeness (QED) is 0.839. The first-order chi connectivity index (χ1) is 9.78. The molecule has 1 heterocycles. The average molecular weight is 294 g/mol. The highest BCUT2D eigenvalue weighted by atomic mass is 16.5. The lowest BCUT2D eigenvalue weighted by Crippen LogP contribution is -2.38. The summed E-state index contributed by atoms with van der Waals surface area (Å²) in [6.45, 7) is 14.0. The van der Waals surface area contributed by atoms with Crippen molar-refractivity contribution in [2.45, 2.75) is 59.6 Å². The van der Waals surface area contributed by atoms with Crippen molar-refractivity contribution in [1.29, 1.82) is 0 Å². The van der Waals surface area contributed by atoms with Gasteiger partial charge in [0, 0.05) is 35.5 Å². The summed E-state index contributed by atoms with van der Waals surface area (Å²) >= 11 is 0. The number of hydrogen-bond acceptors (Lipinski definition) is 4. The second kappa shape index (κ2) is 7.76. The van der Waals surface area contributed by atoms with Crippen molar-refractivity contribution in [3.05, 3.63) is 23.0 Å². The fourth-order valence-corrected chi connectivity index (χ4v) is 2.34. The Kier molecular flexibility index (Phi) is 6.62. The van der Waals surface area contributed by atoms with E-state index in [1.165, 1.54) is 0 Å². The fourth-order valence-electron chi connectivity index (χ4n) is 2.34. The molecule has 4 heteroatoms. The molecule has 0 radical (unpaired) electrons. The van der Waals surface area contributed by atoms with Crippen LogP contribution in [0.15, 0.2) is 6.20 Å². The first-order valence-corrected chi connectivity index (χ1v) is 7.65. The molecular formula is C17H30N2O2. The molecule has 21 heavy (non-hydrogen) atoms. The molecule has 1 rings (SSSR count). The lowest BCUT2D eigenvalue weighted by Gasteiger charge is -2.25. The predicted molar refractivity (Wildman–Crippen MR) is 87.1 cm³/mol. The Morgan fingerprint density at radius 2 is 1.95 bits per heavy atom. The summed E-state index contributed by atoms with van der Waals surface area (Å²) in [6.07, 6.45) is 2.72. The van der Waals surface area contributed by atoms with Gasteiger partial charge in [-0.3, -0.25) is 4.98 Å². The molecule has 0 fully saturated rings. The van der Waals surface area contributed by atoms with Gasteiger partial charge in [0.1, 0.15) is 5.75 Å². The Morgan fingerprint density at radius 3 is 2.48 bits per heavy atom. The van der Waals surface area contributed by atoms with Crippen molar-refractivity contribution in [2.75, 3.05) is 20.3 Å². The topological polar surface area (TPSA) is 43.4 Å². The van der Waals surface area contributed by atoms with E-state index in [-0.39, 0.29) is 11.6 Å². The summed E-state index contributed by atoms with van der Waals surface area (Å²) in [7, 11) is 1.71. The van der Waals surface area contributed by atoms with E-state index >= 15 is 0 Å². The summed E-state index contributed by atoms with van der Waals surface area (Å²) in [5, 5.41) is 3.48. The number of pyridine rings is 1. The Balaban J connectivity index is 2.84. The molecule has 1 aromatic rings. The lowest BCUT2D eigenvalue weighted by atomic mass is 10.0. The summed E-state index contributed by atoms with van der Waals surface area (Å²) in [5.74, 6) is 0.937. The number of rotatable bonds is 7. The molecule has 0 aliphatic carbocycles. The van der Waals surface area contributed by atoms with Crippen molar-refractivity contribution >= 4 is 0 Å². The minimum absolute atomic E-state index is 0.124. The van der Waals surface area contributed by atoms with Crippen molar-refractivity contribution in [3.8, 4) is 5.75 Å². The van der Waals surface area contributed by atoms with Gasteiger partial charge in [0.05, 0.1) is 19.3 Å². The number of nitrogens with one attached hydrogen (secondary N) is 1. The maximum Gasteiger partial charge on any atom is 0.128 e. The zero-order chi connectivity index (χ0) is 16.0. The third-order valence-electron chi connectivity index (χ3n) is 3.40. The third kappa shape index (κ3) is 5.64. The van der Waals surface area contributed by atoms with Crippen LogP contribution in [0.25, 0.3) is 0 Å². The van der Waals surface area contributed by atoms with Crippen LogP contribution in [0.1, 0.15) is 44.5 Å². The van der Waals surface area contributed by atoms with E-state index < -0.39 is 0 Å². The van der Waals surface area contributed by atoms with E-state index in [2.05, 4.69) is 44.9 Å². The molecule has 0 spiro atoms. The first-order valence-electron chi connectivity index (χ1n) is 7.65. The normalized spacial score (nSPS) is 13.3. The van der Waals surface area contributed by atoms with E-state index in [0.717, 1.165) is 35.5 Å². The minimum atomic E-state index is -0.124. The van der Waals surface area contributed by atoms with Gasteiger partial charge in [0.25, 0.3) is 0 Å². The van der Waals surface area contributed by atoms with Crippen LogP contribution in [0.2, 0.25) is 0 Å². The molecule has 0 bridgehead atoms. The van der Waals surface area contributed by atoms with Crippen LogP contribution < -0.4 is 10.1 Å². The van der Waals surface area contributed by atoms with Crippen LogP contribution in [-0.4, -0.2) is 36.9 Å². The zero-order valence-electron chi connectivity index (χ0n) is 14.5. The number of likely N-dealkylation sites (N-methyl/N-ethyl adjacent to an activating group) is 1. The van der Waals surface area contributed by atoms with Gasteiger partial charge in [-0.05, 0) is 41.2 Å². The number of aryl methyl sites for hydroxylation is 1. The first kappa shape index (κ1) is 17.9. The van der Waals surface area contributed by atoms with E-state index in [4.69, 9.17) is 9.47 Å². The SMILES string of the molecule is CCNC(COC(C)(C)C)Cc1ncc(C)c(OC)c1C. The molecule has 4 nitrogen and oxygen atoms in total. The van der Waals surface area contributed by atoms with Crippen LogP contribution >= 0.6 is 0 Å². The molecule has 1 unspecified atom stereocenters. The van der Waals surface area contributed by atoms with Gasteiger partial charge in [0.2, 0.25) is 0 Å². The minimum Gasteiger partial charge on any atom is -0.496 e.